The summed E-state index contributed by atoms with van der Waals surface area (Å²) in [4.78, 5) is 28.3. The predicted octanol–water partition coefficient (Wildman–Crippen LogP) is 4.80. The zero-order valence-electron chi connectivity index (χ0n) is 21.8. The number of nitrogens with zero attached hydrogens (tertiary/aromatic N) is 2. The number of fused-ring (bicyclic) bond motifs is 3. The first-order valence-corrected chi connectivity index (χ1v) is 15.5. The Balaban J connectivity index is 1.62. The highest BCUT2D eigenvalue weighted by atomic mass is 32.2. The largest absolute Gasteiger partial charge is 0.491 e. The number of nitrogens with one attached hydrogen (secondary N) is 1. The van der Waals surface area contributed by atoms with Crippen molar-refractivity contribution >= 4 is 40.4 Å². The number of ether oxygens (including phenoxy) is 1. The van der Waals surface area contributed by atoms with E-state index in [1.54, 1.807) is 25.1 Å². The molecule has 4 rings (SSSR count). The third-order valence-corrected chi connectivity index (χ3v) is 8.67. The predicted molar refractivity (Wildman–Crippen MR) is 151 cm³/mol. The van der Waals surface area contributed by atoms with Crippen LogP contribution in [0.4, 0.5) is 0 Å². The van der Waals surface area contributed by atoms with Gasteiger partial charge in [0.25, 0.3) is 0 Å². The molecule has 0 bridgehead atoms. The van der Waals surface area contributed by atoms with Gasteiger partial charge in [0.2, 0.25) is 0 Å². The molecular formula is C27H34N3O6PS. The van der Waals surface area contributed by atoms with Crippen molar-refractivity contribution in [2.75, 3.05) is 38.6 Å². The number of rotatable bonds is 13. The van der Waals surface area contributed by atoms with Gasteiger partial charge < -0.3 is 28.9 Å². The van der Waals surface area contributed by atoms with Gasteiger partial charge in [-0.1, -0.05) is 26.0 Å². The van der Waals surface area contributed by atoms with Gasteiger partial charge in [-0.2, -0.15) is 0 Å². The first kappa shape index (κ1) is 28.4. The second-order valence-corrected chi connectivity index (χ2v) is 12.1. The molecule has 0 aliphatic heterocycles. The molecule has 9 nitrogen and oxygen atoms in total. The fourth-order valence-corrected chi connectivity index (χ4v) is 5.67. The van der Waals surface area contributed by atoms with Crippen LogP contribution < -0.4 is 4.74 Å². The average Bonchev–Trinajstić information content (AvgIpc) is 3.29. The van der Waals surface area contributed by atoms with Crippen LogP contribution in [0.3, 0.4) is 0 Å². The van der Waals surface area contributed by atoms with Crippen LogP contribution in [0.5, 0.6) is 5.75 Å². The van der Waals surface area contributed by atoms with Gasteiger partial charge in [-0.15, -0.1) is 0 Å². The van der Waals surface area contributed by atoms with Crippen LogP contribution in [0.15, 0.2) is 53.6 Å². The number of benzene rings is 2. The topological polar surface area (TPSA) is 125 Å². The lowest BCUT2D eigenvalue weighted by Gasteiger charge is -2.20. The SMILES string of the molecule is CCN(CCCOc1ccc(-c2cccc(S(=O)(=O)CC)c2)c2c1[nH]c1ncc(C)cc12)CCOP(O)O. The number of aromatic amines is 1. The van der Waals surface area contributed by atoms with E-state index in [4.69, 9.17) is 19.0 Å². The molecule has 0 saturated heterocycles. The second kappa shape index (κ2) is 12.5. The number of aryl methyl sites for hydroxylation is 1. The van der Waals surface area contributed by atoms with Crippen molar-refractivity contribution in [3.63, 3.8) is 0 Å². The van der Waals surface area contributed by atoms with E-state index in [1.165, 1.54) is 0 Å². The van der Waals surface area contributed by atoms with Crippen LogP contribution in [0.2, 0.25) is 0 Å². The van der Waals surface area contributed by atoms with E-state index in [-0.39, 0.29) is 12.4 Å². The molecule has 2 aromatic heterocycles. The lowest BCUT2D eigenvalue weighted by Crippen LogP contribution is -2.29. The maximum absolute atomic E-state index is 12.5. The Kier molecular flexibility index (Phi) is 9.36. The van der Waals surface area contributed by atoms with Crippen LogP contribution in [0.1, 0.15) is 25.8 Å². The number of hydrogen-bond acceptors (Lipinski definition) is 8. The molecule has 11 heteroatoms. The highest BCUT2D eigenvalue weighted by molar-refractivity contribution is 7.91. The van der Waals surface area contributed by atoms with Crippen molar-refractivity contribution in [1.82, 2.24) is 14.9 Å². The zero-order valence-corrected chi connectivity index (χ0v) is 23.6. The Hall–Kier alpha value is -2.59. The summed E-state index contributed by atoms with van der Waals surface area (Å²) in [5.41, 5.74) is 4.30. The van der Waals surface area contributed by atoms with Crippen LogP contribution in [-0.4, -0.2) is 71.7 Å². The van der Waals surface area contributed by atoms with Crippen molar-refractivity contribution in [3.05, 3.63) is 54.2 Å². The Morgan fingerprint density at radius 2 is 1.89 bits per heavy atom. The van der Waals surface area contributed by atoms with Crippen molar-refractivity contribution < 1.29 is 27.5 Å². The van der Waals surface area contributed by atoms with Gasteiger partial charge in [0.05, 0.1) is 29.4 Å². The molecule has 2 heterocycles. The minimum absolute atomic E-state index is 0.0432. The summed E-state index contributed by atoms with van der Waals surface area (Å²) < 4.78 is 36.2. The first-order valence-electron chi connectivity index (χ1n) is 12.6. The monoisotopic (exact) mass is 559 g/mol. The molecule has 0 amide bonds. The standard InChI is InChI=1S/C27H34N3O6PS/c1-4-30(13-15-36-37(31)32)12-7-14-35-24-11-10-22(20-8-6-9-21(17-20)38(33,34)5-2)25-23-16-19(3)18-28-27(23)29-26(24)25/h6,8-11,16-18,31-32H,4-5,7,12-15H2,1-3H3,(H,28,29). The van der Waals surface area contributed by atoms with Crippen LogP contribution in [0, 0.1) is 6.92 Å². The van der Waals surface area contributed by atoms with Crippen molar-refractivity contribution in [2.45, 2.75) is 32.1 Å². The van der Waals surface area contributed by atoms with Crippen molar-refractivity contribution in [1.29, 1.82) is 0 Å². The average molecular weight is 560 g/mol. The quantitative estimate of drug-likeness (QED) is 0.158. The Labute approximate surface area is 224 Å². The minimum Gasteiger partial charge on any atom is -0.491 e. The third-order valence-electron chi connectivity index (χ3n) is 6.53. The number of H-pyrrole nitrogens is 1. The van der Waals surface area contributed by atoms with Gasteiger partial charge >= 0.3 is 8.60 Å². The van der Waals surface area contributed by atoms with E-state index in [9.17, 15) is 8.42 Å². The van der Waals surface area contributed by atoms with Gasteiger partial charge in [-0.25, -0.2) is 13.4 Å². The summed E-state index contributed by atoms with van der Waals surface area (Å²) in [5, 5.41) is 1.89. The minimum atomic E-state index is -3.34. The summed E-state index contributed by atoms with van der Waals surface area (Å²) in [6, 6.07) is 13.0. The van der Waals surface area contributed by atoms with Crippen molar-refractivity contribution in [3.8, 4) is 16.9 Å². The Bertz CT molecular complexity index is 1510. The fraction of sp³-hybridized carbons (Fsp3) is 0.370. The molecule has 0 atom stereocenters. The Morgan fingerprint density at radius 3 is 2.63 bits per heavy atom. The van der Waals surface area contributed by atoms with Crippen LogP contribution >= 0.6 is 8.60 Å². The van der Waals surface area contributed by atoms with Gasteiger partial charge in [-0.05, 0) is 66.9 Å². The maximum Gasteiger partial charge on any atom is 0.327 e. The summed E-state index contributed by atoms with van der Waals surface area (Å²) in [5.74, 6) is 0.746. The molecule has 0 saturated carbocycles. The molecule has 0 fully saturated rings. The van der Waals surface area contributed by atoms with E-state index in [0.717, 1.165) is 58.1 Å². The normalized spacial score (nSPS) is 12.3. The first-order chi connectivity index (χ1) is 18.2. The van der Waals surface area contributed by atoms with Gasteiger partial charge in [0.1, 0.15) is 11.4 Å². The number of pyridine rings is 1. The lowest BCUT2D eigenvalue weighted by atomic mass is 9.99. The smallest absolute Gasteiger partial charge is 0.327 e. The van der Waals surface area contributed by atoms with E-state index < -0.39 is 18.4 Å². The highest BCUT2D eigenvalue weighted by Gasteiger charge is 2.18. The summed E-state index contributed by atoms with van der Waals surface area (Å²) in [6.45, 7) is 8.64. The van der Waals surface area contributed by atoms with E-state index in [1.807, 2.05) is 38.2 Å². The molecule has 38 heavy (non-hydrogen) atoms. The molecule has 0 spiro atoms. The third kappa shape index (κ3) is 6.51. The number of aromatic nitrogens is 2. The molecule has 4 aromatic rings. The lowest BCUT2D eigenvalue weighted by molar-refractivity contribution is 0.185. The van der Waals surface area contributed by atoms with Gasteiger partial charge in [0, 0.05) is 30.1 Å². The summed E-state index contributed by atoms with van der Waals surface area (Å²) in [6.07, 6.45) is 2.59. The molecule has 204 valence electrons. The highest BCUT2D eigenvalue weighted by Crippen LogP contribution is 2.39. The van der Waals surface area contributed by atoms with E-state index >= 15 is 0 Å². The maximum atomic E-state index is 12.5. The summed E-state index contributed by atoms with van der Waals surface area (Å²) >= 11 is 0. The summed E-state index contributed by atoms with van der Waals surface area (Å²) in [7, 11) is -5.67. The molecular weight excluding hydrogens is 525 g/mol. The zero-order chi connectivity index (χ0) is 27.3. The number of hydrogen-bond donors (Lipinski definition) is 3. The molecule has 0 radical (unpaired) electrons. The Morgan fingerprint density at radius 1 is 1.08 bits per heavy atom. The second-order valence-electron chi connectivity index (χ2n) is 9.05. The molecule has 3 N–H and O–H groups in total. The van der Waals surface area contributed by atoms with Crippen LogP contribution in [0.25, 0.3) is 33.1 Å². The fourth-order valence-electron chi connectivity index (χ4n) is 4.50. The van der Waals surface area contributed by atoms with E-state index in [0.29, 0.717) is 23.8 Å². The molecule has 0 aliphatic carbocycles. The number of sulfone groups is 1. The number of likely N-dealkylation sites (N-methyl/N-ethyl adjacent to an activating group) is 1. The molecule has 0 unspecified atom stereocenters. The van der Waals surface area contributed by atoms with Gasteiger partial charge in [0.15, 0.2) is 9.84 Å². The van der Waals surface area contributed by atoms with E-state index in [2.05, 4.69) is 20.9 Å². The van der Waals surface area contributed by atoms with Gasteiger partial charge in [-0.3, -0.25) is 0 Å². The van der Waals surface area contributed by atoms with Crippen LogP contribution in [-0.2, 0) is 14.4 Å². The van der Waals surface area contributed by atoms with Crippen molar-refractivity contribution in [2.24, 2.45) is 0 Å². The molecule has 0 aliphatic rings. The molecule has 2 aromatic carbocycles.